The van der Waals surface area contributed by atoms with Gasteiger partial charge in [0.15, 0.2) is 0 Å². The molecule has 1 aliphatic rings. The Bertz CT molecular complexity index is 709. The van der Waals surface area contributed by atoms with Crippen LogP contribution in [-0.4, -0.2) is 17.5 Å². The van der Waals surface area contributed by atoms with Crippen LogP contribution in [0, 0.1) is 18.6 Å². The first kappa shape index (κ1) is 10.5. The molecule has 0 bridgehead atoms. The van der Waals surface area contributed by atoms with Crippen molar-refractivity contribution in [2.75, 3.05) is 0 Å². The van der Waals surface area contributed by atoms with Crippen LogP contribution in [0.3, 0.4) is 0 Å². The molecule has 0 spiro atoms. The Balaban J connectivity index is 2.68. The average molecular weight is 219 g/mol. The van der Waals surface area contributed by atoms with E-state index in [4.69, 9.17) is 18.6 Å². The van der Waals surface area contributed by atoms with E-state index in [0.29, 0.717) is 16.3 Å². The number of nitrogens with zero attached hydrogens (tertiary/aromatic N) is 4. The lowest BCUT2D eigenvalue weighted by Gasteiger charge is -1.82. The Morgan fingerprint density at radius 2 is 1.53 bits per heavy atom. The van der Waals surface area contributed by atoms with E-state index in [0.717, 1.165) is 0 Å². The maximum atomic E-state index is 6.96. The van der Waals surface area contributed by atoms with E-state index < -0.39 is 0 Å². The van der Waals surface area contributed by atoms with Gasteiger partial charge in [-0.1, -0.05) is 23.1 Å². The van der Waals surface area contributed by atoms with Crippen LogP contribution in [0.25, 0.3) is 15.5 Å². The highest BCUT2D eigenvalue weighted by Crippen LogP contribution is 2.10. The van der Waals surface area contributed by atoms with E-state index in [2.05, 4.69) is 25.5 Å². The molecule has 5 nitrogen and oxygen atoms in total. The molecule has 5 heteroatoms. The molecule has 0 saturated carbocycles. The van der Waals surface area contributed by atoms with Gasteiger partial charge in [-0.15, -0.1) is 0 Å². The topological polar surface area (TPSA) is 57.3 Å². The minimum absolute atomic E-state index is 0.0256. The molecule has 0 aliphatic carbocycles. The fourth-order valence-corrected chi connectivity index (χ4v) is 1.31. The Hall–Kier alpha value is -3.01. The Labute approximate surface area is 96.9 Å². The van der Waals surface area contributed by atoms with Crippen molar-refractivity contribution in [1.29, 1.82) is 5.41 Å². The second-order valence-electron chi connectivity index (χ2n) is 3.12. The average Bonchev–Trinajstić information content (AvgIpc) is 2.82. The molecule has 0 saturated heterocycles. The summed E-state index contributed by atoms with van der Waals surface area (Å²) in [6, 6.07) is 6.86. The molecule has 0 atom stereocenters. The summed E-state index contributed by atoms with van der Waals surface area (Å²) in [7, 11) is 0. The molecule has 0 amide bonds. The van der Waals surface area contributed by atoms with Gasteiger partial charge >= 0.3 is 5.82 Å². The van der Waals surface area contributed by atoms with Crippen LogP contribution in [0.2, 0.25) is 0 Å². The van der Waals surface area contributed by atoms with Gasteiger partial charge in [0.05, 0.1) is 5.22 Å². The molecule has 17 heavy (non-hydrogen) atoms. The minimum atomic E-state index is 0.0256. The number of nitrogens with one attached hydrogen (secondary N) is 1. The Kier molecular flexibility index (Phi) is 2.62. The minimum Gasteiger partial charge on any atom is -0.370 e. The summed E-state index contributed by atoms with van der Waals surface area (Å²) in [5.41, 5.74) is 0. The molecule has 0 unspecified atom stereocenters. The van der Waals surface area contributed by atoms with E-state index in [-0.39, 0.29) is 11.7 Å². The highest BCUT2D eigenvalue weighted by Gasteiger charge is 2.22. The summed E-state index contributed by atoms with van der Waals surface area (Å²) in [5.74, 6) is 2.67. The van der Waals surface area contributed by atoms with Crippen LogP contribution in [-0.2, 0) is 0 Å². The predicted octanol–water partition coefficient (Wildman–Crippen LogP) is 0.322. The smallest absolute Gasteiger partial charge is 0.342 e. The van der Waals surface area contributed by atoms with Gasteiger partial charge in [0, 0.05) is 5.22 Å². The van der Waals surface area contributed by atoms with E-state index in [9.17, 15) is 0 Å². The standard InChI is InChI=1S/C12H5N5/c1-14-11-12(15-2)17-10(16-11)9-5-3-8(7-13)4-6-9/h3-6,13H. The van der Waals surface area contributed by atoms with Gasteiger partial charge < -0.3 is 9.69 Å². The molecule has 0 radical (unpaired) electrons. The second-order valence-corrected chi connectivity index (χ2v) is 3.12. The van der Waals surface area contributed by atoms with Gasteiger partial charge in [0.25, 0.3) is 11.7 Å². The maximum Gasteiger partial charge on any atom is 0.342 e. The predicted molar refractivity (Wildman–Crippen MR) is 64.0 cm³/mol. The molecule has 1 aromatic carbocycles. The monoisotopic (exact) mass is 219 g/mol. The molecule has 1 aliphatic heterocycles. The molecule has 1 heterocycles. The van der Waals surface area contributed by atoms with Crippen molar-refractivity contribution in [2.24, 2.45) is 9.98 Å². The fourth-order valence-electron chi connectivity index (χ4n) is 1.31. The fraction of sp³-hybridized carbons (Fsp3) is 0. The van der Waals surface area contributed by atoms with Crippen molar-refractivity contribution in [3.05, 3.63) is 57.5 Å². The van der Waals surface area contributed by atoms with Gasteiger partial charge in [-0.25, -0.2) is 0 Å². The lowest BCUT2D eigenvalue weighted by Crippen LogP contribution is -2.09. The van der Waals surface area contributed by atoms with Crippen LogP contribution in [0.4, 0.5) is 0 Å². The molecule has 1 N–H and O–H groups in total. The lowest BCUT2D eigenvalue weighted by atomic mass is 10.2. The Morgan fingerprint density at radius 3 is 1.94 bits per heavy atom. The molecular formula is C12H5N5. The van der Waals surface area contributed by atoms with Gasteiger partial charge in [-0.2, -0.15) is 0 Å². The summed E-state index contributed by atoms with van der Waals surface area (Å²) < 4.78 is 0. The number of hydrogen-bond acceptors (Lipinski definition) is 3. The second kappa shape index (κ2) is 4.24. The van der Waals surface area contributed by atoms with Crippen molar-refractivity contribution < 1.29 is 0 Å². The first-order valence-electron chi connectivity index (χ1n) is 4.61. The van der Waals surface area contributed by atoms with Crippen molar-refractivity contribution in [3.8, 4) is 0 Å². The van der Waals surface area contributed by atoms with Crippen LogP contribution >= 0.6 is 0 Å². The molecule has 2 rings (SSSR count). The highest BCUT2D eigenvalue weighted by atomic mass is 15.1. The lowest BCUT2D eigenvalue weighted by molar-refractivity contribution is 1.40. The van der Waals surface area contributed by atoms with Gasteiger partial charge in [-0.3, -0.25) is 5.41 Å². The molecule has 0 aromatic heterocycles. The van der Waals surface area contributed by atoms with Crippen LogP contribution < -0.4 is 10.4 Å². The SMILES string of the molecule is [C-]#[N+]C1=NC(=c2ccc(=C=N)cc2)N=C1[N+]#[C-]. The largest absolute Gasteiger partial charge is 0.370 e. The van der Waals surface area contributed by atoms with E-state index in [1.807, 2.05) is 0 Å². The molecule has 78 valence electrons. The zero-order chi connectivity index (χ0) is 12.3. The third-order valence-electron chi connectivity index (χ3n) is 2.12. The zero-order valence-electron chi connectivity index (χ0n) is 8.60. The maximum absolute atomic E-state index is 6.96. The van der Waals surface area contributed by atoms with Crippen LogP contribution in [0.15, 0.2) is 34.3 Å². The van der Waals surface area contributed by atoms with Gasteiger partial charge in [-0.05, 0) is 30.1 Å². The van der Waals surface area contributed by atoms with Crippen LogP contribution in [0.1, 0.15) is 0 Å². The summed E-state index contributed by atoms with van der Waals surface area (Å²) in [6.07, 6.45) is 0. The van der Waals surface area contributed by atoms with E-state index in [1.54, 1.807) is 24.3 Å². The normalized spacial score (nSPS) is 13.2. The van der Waals surface area contributed by atoms with Crippen LogP contribution in [0.5, 0.6) is 0 Å². The van der Waals surface area contributed by atoms with Crippen molar-refractivity contribution >= 4 is 23.4 Å². The van der Waals surface area contributed by atoms with Crippen molar-refractivity contribution in [1.82, 2.24) is 0 Å². The van der Waals surface area contributed by atoms with Crippen molar-refractivity contribution in [2.45, 2.75) is 0 Å². The summed E-state index contributed by atoms with van der Waals surface area (Å²) in [6.45, 7) is 13.7. The van der Waals surface area contributed by atoms with E-state index in [1.165, 1.54) is 0 Å². The summed E-state index contributed by atoms with van der Waals surface area (Å²) in [5, 5.41) is 8.32. The summed E-state index contributed by atoms with van der Waals surface area (Å²) >= 11 is 0. The zero-order valence-corrected chi connectivity index (χ0v) is 8.60. The number of aliphatic imine (C=N–C) groups is 2. The number of benzene rings is 1. The van der Waals surface area contributed by atoms with Gasteiger partial charge in [0.1, 0.15) is 0 Å². The van der Waals surface area contributed by atoms with Gasteiger partial charge in [0.2, 0.25) is 0 Å². The highest BCUT2D eigenvalue weighted by molar-refractivity contribution is 6.50. The first-order chi connectivity index (χ1) is 8.28. The molecule has 1 aromatic rings. The molecular weight excluding hydrogens is 214 g/mol. The number of rotatable bonds is 0. The number of hydrogen-bond donors (Lipinski definition) is 1. The third-order valence-corrected chi connectivity index (χ3v) is 2.12. The first-order valence-corrected chi connectivity index (χ1v) is 4.61. The quantitative estimate of drug-likeness (QED) is 0.482. The van der Waals surface area contributed by atoms with Crippen molar-refractivity contribution in [3.63, 3.8) is 0 Å². The van der Waals surface area contributed by atoms with E-state index >= 15 is 0 Å². The Morgan fingerprint density at radius 1 is 1.00 bits per heavy atom. The summed E-state index contributed by atoms with van der Waals surface area (Å²) in [4.78, 5) is 14.2. The number of amidine groups is 2. The third kappa shape index (κ3) is 1.87. The molecule has 0 fully saturated rings.